The maximum Gasteiger partial charge on any atom is 0.312 e. The predicted octanol–water partition coefficient (Wildman–Crippen LogP) is 4.37. The Hall–Kier alpha value is -5.81. The fourth-order valence-corrected chi connectivity index (χ4v) is 9.23. The van der Waals surface area contributed by atoms with Crippen molar-refractivity contribution in [1.29, 1.82) is 0 Å². The number of nitrogens with one attached hydrogen (secondary N) is 2. The van der Waals surface area contributed by atoms with Gasteiger partial charge in [0, 0.05) is 86.6 Å². The SMILES string of the molecule is CO[C@H]1/C=C/O[C@@]2(C)Oc3c(C)c(=O)c4c(O)c(c5c([nH]c6cc(=CNN7CCCCC7)ccn65)c4c3C2=O)=NC(=O)/C(C)=C\C=C\[C@H](C)[C@H](O)[C@@H](C)[C@@H](O)[C@@H](C)[C@H](OC(C)=O)[C@@H]1C. The molecule has 3 aliphatic heterocycles. The molecule has 5 heterocycles. The van der Waals surface area contributed by atoms with Crippen molar-refractivity contribution in [3.63, 3.8) is 0 Å². The summed E-state index contributed by atoms with van der Waals surface area (Å²) in [6, 6.07) is 3.71. The van der Waals surface area contributed by atoms with Gasteiger partial charge in [-0.1, -0.05) is 52.3 Å². The van der Waals surface area contributed by atoms with Crippen molar-refractivity contribution in [1.82, 2.24) is 19.8 Å². The standard InChI is InChI=1S/C48H59N5O11/c1-24-14-13-15-25(2)47(60)51-38-39-37(50-33-22-31(16-20-53(33)39)23-49-52-18-11-10-12-19-52)34-35(43(38)58)42(57)29(6)45-36(34)46(59)48(8,64-45)62-21-17-32(61-9)26(3)44(63-30(7)54)28(5)41(56)27(4)40(24)55/h13-17,20-24,26-28,32,40-41,44,49-50,55-56,58H,10-12,18-19H2,1-9H3/b14-13+,21-17+,25-15-,31-23?,51-38?/t24-,26+,27+,28+,32-,40-,41+,44+,48-/m0/s1. The van der Waals surface area contributed by atoms with Crippen LogP contribution in [-0.4, -0.2) is 97.8 Å². The van der Waals surface area contributed by atoms with E-state index in [9.17, 15) is 34.5 Å². The number of benzene rings is 2. The predicted molar refractivity (Wildman–Crippen MR) is 240 cm³/mol. The quantitative estimate of drug-likeness (QED) is 0.181. The molecule has 1 amide bonds. The zero-order chi connectivity index (χ0) is 46.4. The Labute approximate surface area is 370 Å². The number of ketones is 1. The minimum atomic E-state index is -2.00. The van der Waals surface area contributed by atoms with Gasteiger partial charge < -0.3 is 44.7 Å². The molecule has 2 aromatic carbocycles. The number of aromatic nitrogens is 2. The van der Waals surface area contributed by atoms with Crippen LogP contribution in [0.1, 0.15) is 83.7 Å². The second kappa shape index (κ2) is 18.4. The molecule has 0 unspecified atom stereocenters. The molecule has 0 spiro atoms. The Morgan fingerprint density at radius 1 is 1.02 bits per heavy atom. The summed E-state index contributed by atoms with van der Waals surface area (Å²) in [6.45, 7) is 14.5. The molecule has 2 aromatic heterocycles. The smallest absolute Gasteiger partial charge is 0.312 e. The zero-order valence-corrected chi connectivity index (χ0v) is 37.8. The molecule has 5 N–H and O–H groups in total. The molecule has 7 rings (SSSR count). The van der Waals surface area contributed by atoms with Crippen molar-refractivity contribution in [3.05, 3.63) is 86.4 Å². The summed E-state index contributed by atoms with van der Waals surface area (Å²) < 4.78 is 25.7. The molecule has 1 saturated heterocycles. The summed E-state index contributed by atoms with van der Waals surface area (Å²) >= 11 is 0. The van der Waals surface area contributed by atoms with E-state index in [-0.39, 0.29) is 49.6 Å². The van der Waals surface area contributed by atoms with Gasteiger partial charge in [0.1, 0.15) is 28.4 Å². The fraction of sp³-hybridized carbons (Fsp3) is 0.479. The first-order valence-corrected chi connectivity index (χ1v) is 21.9. The van der Waals surface area contributed by atoms with Crippen LogP contribution < -0.4 is 26.2 Å². The van der Waals surface area contributed by atoms with Crippen LogP contribution in [0, 0.1) is 30.6 Å². The van der Waals surface area contributed by atoms with Crippen LogP contribution in [0.15, 0.2) is 64.3 Å². The average Bonchev–Trinajstić information content (AvgIpc) is 3.78. The molecule has 9 atom stereocenters. The van der Waals surface area contributed by atoms with Gasteiger partial charge in [-0.3, -0.25) is 23.6 Å². The molecule has 0 saturated carbocycles. The van der Waals surface area contributed by atoms with Crippen LogP contribution in [0.5, 0.6) is 11.5 Å². The number of hydrazine groups is 1. The maximum atomic E-state index is 14.8. The van der Waals surface area contributed by atoms with Gasteiger partial charge in [0.05, 0.1) is 41.0 Å². The largest absolute Gasteiger partial charge is 0.505 e. The van der Waals surface area contributed by atoms with E-state index in [2.05, 4.69) is 20.4 Å². The molecule has 4 aromatic rings. The normalized spacial score (nSPS) is 30.8. The van der Waals surface area contributed by atoms with Crippen LogP contribution in [0.25, 0.3) is 33.7 Å². The molecule has 342 valence electrons. The highest BCUT2D eigenvalue weighted by molar-refractivity contribution is 6.23. The number of allylic oxidation sites excluding steroid dienone is 2. The number of ether oxygens (including phenoxy) is 4. The van der Waals surface area contributed by atoms with Crippen LogP contribution in [0.2, 0.25) is 0 Å². The Morgan fingerprint density at radius 3 is 2.42 bits per heavy atom. The lowest BCUT2D eigenvalue weighted by Crippen LogP contribution is -2.46. The molecular weight excluding hydrogens is 823 g/mol. The number of piperidine rings is 1. The van der Waals surface area contributed by atoms with Gasteiger partial charge in [0.15, 0.2) is 11.2 Å². The number of nitrogens with zero attached hydrogens (tertiary/aromatic N) is 3. The third kappa shape index (κ3) is 8.47. The van der Waals surface area contributed by atoms with Gasteiger partial charge in [-0.25, -0.2) is 10.0 Å². The van der Waals surface area contributed by atoms with Crippen molar-refractivity contribution < 1.29 is 48.7 Å². The highest BCUT2D eigenvalue weighted by Crippen LogP contribution is 2.44. The number of aromatic hydroxyl groups is 1. The molecule has 4 bridgehead atoms. The molecule has 3 aliphatic rings. The molecule has 16 nitrogen and oxygen atoms in total. The fourth-order valence-electron chi connectivity index (χ4n) is 9.23. The number of methoxy groups -OCH3 is 1. The average molecular weight is 882 g/mol. The molecular formula is C48H59N5O11. The van der Waals surface area contributed by atoms with E-state index in [1.165, 1.54) is 52.7 Å². The topological polar surface area (TPSA) is 214 Å². The molecule has 64 heavy (non-hydrogen) atoms. The molecule has 0 radical (unpaired) electrons. The second-order valence-electron chi connectivity index (χ2n) is 17.7. The Kier molecular flexibility index (Phi) is 13.2. The first kappa shape index (κ1) is 46.2. The van der Waals surface area contributed by atoms with Crippen LogP contribution in [-0.2, 0) is 23.8 Å². The summed E-state index contributed by atoms with van der Waals surface area (Å²) in [5.74, 6) is -7.02. The van der Waals surface area contributed by atoms with Gasteiger partial charge in [0.25, 0.3) is 11.7 Å². The Bertz CT molecular complexity index is 2780. The summed E-state index contributed by atoms with van der Waals surface area (Å²) in [6.07, 6.45) is 10.8. The van der Waals surface area contributed by atoms with Crippen LogP contribution in [0.4, 0.5) is 0 Å². The lowest BCUT2D eigenvalue weighted by Gasteiger charge is -2.38. The number of Topliss-reactive ketones (excluding diaryl/α,β-unsaturated/α-hetero) is 1. The number of aliphatic hydroxyl groups is 2. The van der Waals surface area contributed by atoms with Gasteiger partial charge >= 0.3 is 11.8 Å². The van der Waals surface area contributed by atoms with Crippen LogP contribution in [0.3, 0.4) is 0 Å². The van der Waals surface area contributed by atoms with E-state index in [0.717, 1.165) is 31.1 Å². The number of imidazole rings is 1. The van der Waals surface area contributed by atoms with Crippen molar-refractivity contribution in [2.75, 3.05) is 20.2 Å². The van der Waals surface area contributed by atoms with E-state index >= 15 is 0 Å². The number of esters is 1. The second-order valence-corrected chi connectivity index (χ2v) is 17.7. The number of hydrogen-bond acceptors (Lipinski definition) is 13. The van der Waals surface area contributed by atoms with E-state index in [1.807, 2.05) is 18.3 Å². The van der Waals surface area contributed by atoms with E-state index < -0.39 is 82.7 Å². The van der Waals surface area contributed by atoms with Crippen LogP contribution >= 0.6 is 0 Å². The number of hydrogen-bond donors (Lipinski definition) is 5. The number of pyridine rings is 1. The Balaban J connectivity index is 1.45. The number of carbonyl (C=O) groups is 3. The summed E-state index contributed by atoms with van der Waals surface area (Å²) in [4.78, 5) is 63.3. The number of amides is 1. The lowest BCUT2D eigenvalue weighted by atomic mass is 9.78. The van der Waals surface area contributed by atoms with Gasteiger partial charge in [-0.2, -0.15) is 0 Å². The van der Waals surface area contributed by atoms with Crippen molar-refractivity contribution >= 4 is 51.3 Å². The number of fused-ring (bicyclic) bond motifs is 2. The first-order valence-electron chi connectivity index (χ1n) is 21.9. The van der Waals surface area contributed by atoms with Crippen molar-refractivity contribution in [2.24, 2.45) is 28.7 Å². The summed E-state index contributed by atoms with van der Waals surface area (Å²) in [7, 11) is 1.46. The zero-order valence-electron chi connectivity index (χ0n) is 37.8. The first-order chi connectivity index (χ1) is 30.4. The highest BCUT2D eigenvalue weighted by Gasteiger charge is 2.49. The van der Waals surface area contributed by atoms with Gasteiger partial charge in [0.2, 0.25) is 0 Å². The number of rotatable bonds is 4. The number of aromatic amines is 1. The minimum Gasteiger partial charge on any atom is -0.505 e. The van der Waals surface area contributed by atoms with Crippen molar-refractivity contribution in [2.45, 2.75) is 105 Å². The molecule has 0 aliphatic carbocycles. The highest BCUT2D eigenvalue weighted by atomic mass is 16.7. The number of phenols is 1. The van der Waals surface area contributed by atoms with E-state index in [0.29, 0.717) is 5.65 Å². The van der Waals surface area contributed by atoms with E-state index in [1.54, 1.807) is 57.4 Å². The van der Waals surface area contributed by atoms with Crippen molar-refractivity contribution in [3.8, 4) is 11.5 Å². The summed E-state index contributed by atoms with van der Waals surface area (Å²) in [5, 5.41) is 37.8. The summed E-state index contributed by atoms with van der Waals surface area (Å²) in [5.41, 5.74) is 3.91. The lowest BCUT2D eigenvalue weighted by molar-refractivity contribution is -0.160. The monoisotopic (exact) mass is 881 g/mol. The van der Waals surface area contributed by atoms with Gasteiger partial charge in [-0.15, -0.1) is 0 Å². The van der Waals surface area contributed by atoms with Gasteiger partial charge in [-0.05, 0) is 50.1 Å². The van der Waals surface area contributed by atoms with E-state index in [4.69, 9.17) is 18.9 Å². The number of aliphatic hydroxyl groups excluding tert-OH is 2. The third-order valence-corrected chi connectivity index (χ3v) is 13.1. The Morgan fingerprint density at radius 2 is 1.73 bits per heavy atom. The molecule has 1 fully saturated rings. The maximum absolute atomic E-state index is 14.8. The third-order valence-electron chi connectivity index (χ3n) is 13.1. The number of H-pyrrole nitrogens is 1. The minimum absolute atomic E-state index is 0.0117. The number of phenolic OH excluding ortho intramolecular Hbond substituents is 1. The number of carbonyl (C=O) groups excluding carboxylic acids is 3. The molecule has 16 heteroatoms.